The predicted octanol–water partition coefficient (Wildman–Crippen LogP) is 4.23. The first kappa shape index (κ1) is 24.7. The van der Waals surface area contributed by atoms with Crippen LogP contribution < -0.4 is 20.5 Å². The van der Waals surface area contributed by atoms with Crippen molar-refractivity contribution in [1.29, 1.82) is 0 Å². The molecule has 1 atom stereocenters. The number of rotatable bonds is 7. The van der Waals surface area contributed by atoms with E-state index in [0.717, 1.165) is 29.3 Å². The van der Waals surface area contributed by atoms with E-state index in [1.54, 1.807) is 14.2 Å². The lowest BCUT2D eigenvalue weighted by Gasteiger charge is -2.17. The van der Waals surface area contributed by atoms with E-state index in [1.165, 1.54) is 0 Å². The normalized spacial score (nSPS) is 13.5. The Bertz CT molecular complexity index is 1060. The Morgan fingerprint density at radius 1 is 1.10 bits per heavy atom. The van der Waals surface area contributed by atoms with Crippen molar-refractivity contribution in [3.8, 4) is 22.8 Å². The maximum absolute atomic E-state index is 13.1. The number of nitrogens with one attached hydrogen (secondary N) is 1. The summed E-state index contributed by atoms with van der Waals surface area (Å²) in [4.78, 5) is 17.9. The summed E-state index contributed by atoms with van der Waals surface area (Å²) in [7, 11) is 3.20. The molecule has 166 valence electrons. The fourth-order valence-corrected chi connectivity index (χ4v) is 3.62. The molecule has 0 radical (unpaired) electrons. The van der Waals surface area contributed by atoms with Gasteiger partial charge in [-0.3, -0.25) is 4.79 Å². The molecule has 1 unspecified atom stereocenters. The number of benzene rings is 2. The first-order valence-electron chi connectivity index (χ1n) is 9.77. The van der Waals surface area contributed by atoms with E-state index in [-0.39, 0.29) is 36.8 Å². The van der Waals surface area contributed by atoms with E-state index in [9.17, 15) is 4.79 Å². The van der Waals surface area contributed by atoms with Gasteiger partial charge in [0.05, 0.1) is 31.0 Å². The summed E-state index contributed by atoms with van der Waals surface area (Å²) in [6.07, 6.45) is 2.24. The van der Waals surface area contributed by atoms with E-state index in [2.05, 4.69) is 5.32 Å². The van der Waals surface area contributed by atoms with Crippen molar-refractivity contribution in [2.24, 2.45) is 11.7 Å². The molecule has 6 nitrogen and oxygen atoms in total. The van der Waals surface area contributed by atoms with Crippen LogP contribution in [0.3, 0.4) is 0 Å². The number of hydrogen-bond donors (Lipinski definition) is 2. The average molecular weight is 464 g/mol. The van der Waals surface area contributed by atoms with Crippen LogP contribution in [0.4, 0.5) is 0 Å². The number of carbonyl (C=O) groups is 1. The number of fused-ring (bicyclic) bond motifs is 1. The minimum atomic E-state index is -0.118. The second kappa shape index (κ2) is 10.7. The smallest absolute Gasteiger partial charge is 0.252 e. The molecular formula is C23H27Cl2N3O3. The predicted molar refractivity (Wildman–Crippen MR) is 128 cm³/mol. The summed E-state index contributed by atoms with van der Waals surface area (Å²) >= 11 is 0. The number of aromatic nitrogens is 1. The van der Waals surface area contributed by atoms with Crippen molar-refractivity contribution in [1.82, 2.24) is 10.3 Å². The number of ether oxygens (including phenoxy) is 2. The summed E-state index contributed by atoms with van der Waals surface area (Å²) in [5.74, 6) is 1.63. The first-order valence-corrected chi connectivity index (χ1v) is 9.77. The topological polar surface area (TPSA) is 86.5 Å². The second-order valence-corrected chi connectivity index (χ2v) is 7.30. The van der Waals surface area contributed by atoms with Crippen molar-refractivity contribution in [2.45, 2.75) is 18.9 Å². The molecule has 3 aromatic rings. The standard InChI is InChI=1S/C23H25N3O3.2ClH/c1-28-21-10-9-15(11-22(21)29-2)19-12-17(16-5-3-4-6-18(16)25-19)23(27)26-20(13-24)14-7-8-14;;/h3-6,9-12,14,20H,7-8,13,24H2,1-2H3,(H,26,27);2*1H. The average Bonchev–Trinajstić information content (AvgIpc) is 3.61. The van der Waals surface area contributed by atoms with Gasteiger partial charge in [0.1, 0.15) is 0 Å². The largest absolute Gasteiger partial charge is 0.493 e. The number of nitrogens with two attached hydrogens (primary N) is 1. The number of carbonyl (C=O) groups excluding carboxylic acids is 1. The maximum atomic E-state index is 13.1. The Hall–Kier alpha value is -2.54. The van der Waals surface area contributed by atoms with Gasteiger partial charge in [-0.15, -0.1) is 24.8 Å². The summed E-state index contributed by atoms with van der Waals surface area (Å²) in [6.45, 7) is 0.446. The Balaban J connectivity index is 0.00000171. The van der Waals surface area contributed by atoms with Gasteiger partial charge in [0, 0.05) is 23.5 Å². The highest BCUT2D eigenvalue weighted by molar-refractivity contribution is 6.07. The van der Waals surface area contributed by atoms with Crippen LogP contribution in [-0.4, -0.2) is 37.7 Å². The van der Waals surface area contributed by atoms with Crippen LogP contribution in [0, 0.1) is 5.92 Å². The third-order valence-electron chi connectivity index (χ3n) is 5.40. The molecule has 2 aromatic carbocycles. The van der Waals surface area contributed by atoms with Crippen molar-refractivity contribution >= 4 is 41.6 Å². The fourth-order valence-electron chi connectivity index (χ4n) is 3.62. The van der Waals surface area contributed by atoms with Gasteiger partial charge in [-0.2, -0.15) is 0 Å². The minimum Gasteiger partial charge on any atom is -0.493 e. The highest BCUT2D eigenvalue weighted by Gasteiger charge is 2.31. The summed E-state index contributed by atoms with van der Waals surface area (Å²) in [6, 6.07) is 15.1. The van der Waals surface area contributed by atoms with Crippen LogP contribution >= 0.6 is 24.8 Å². The van der Waals surface area contributed by atoms with E-state index < -0.39 is 0 Å². The summed E-state index contributed by atoms with van der Waals surface area (Å²) in [5, 5.41) is 3.94. The van der Waals surface area contributed by atoms with Gasteiger partial charge in [-0.05, 0) is 49.1 Å². The molecule has 8 heteroatoms. The van der Waals surface area contributed by atoms with Gasteiger partial charge in [0.2, 0.25) is 0 Å². The van der Waals surface area contributed by atoms with Crippen LogP contribution in [0.15, 0.2) is 48.5 Å². The van der Waals surface area contributed by atoms with Gasteiger partial charge >= 0.3 is 0 Å². The molecule has 1 aliphatic rings. The molecule has 1 aromatic heterocycles. The minimum absolute atomic E-state index is 0. The van der Waals surface area contributed by atoms with Gasteiger partial charge in [-0.1, -0.05) is 18.2 Å². The first-order chi connectivity index (χ1) is 14.1. The number of methoxy groups -OCH3 is 2. The third-order valence-corrected chi connectivity index (χ3v) is 5.40. The molecule has 31 heavy (non-hydrogen) atoms. The molecule has 0 spiro atoms. The van der Waals surface area contributed by atoms with Crippen LogP contribution in [0.1, 0.15) is 23.2 Å². The van der Waals surface area contributed by atoms with Crippen molar-refractivity contribution < 1.29 is 14.3 Å². The number of para-hydroxylation sites is 1. The Morgan fingerprint density at radius 2 is 1.81 bits per heavy atom. The van der Waals surface area contributed by atoms with Crippen molar-refractivity contribution in [3.63, 3.8) is 0 Å². The molecule has 4 rings (SSSR count). The van der Waals surface area contributed by atoms with E-state index in [4.69, 9.17) is 20.2 Å². The zero-order valence-electron chi connectivity index (χ0n) is 17.5. The Morgan fingerprint density at radius 3 is 2.45 bits per heavy atom. The molecule has 1 aliphatic carbocycles. The monoisotopic (exact) mass is 463 g/mol. The van der Waals surface area contributed by atoms with Crippen LogP contribution in [0.25, 0.3) is 22.2 Å². The second-order valence-electron chi connectivity index (χ2n) is 7.30. The molecular weight excluding hydrogens is 437 g/mol. The quantitative estimate of drug-likeness (QED) is 0.547. The SMILES string of the molecule is COc1ccc(-c2cc(C(=O)NC(CN)C3CC3)c3ccccc3n2)cc1OC.Cl.Cl. The lowest BCUT2D eigenvalue weighted by molar-refractivity contribution is 0.0935. The van der Waals surface area contributed by atoms with Gasteiger partial charge in [0.25, 0.3) is 5.91 Å². The zero-order chi connectivity index (χ0) is 20.4. The summed E-state index contributed by atoms with van der Waals surface area (Å²) < 4.78 is 10.7. The van der Waals surface area contributed by atoms with Crippen molar-refractivity contribution in [3.05, 3.63) is 54.1 Å². The number of halogens is 2. The van der Waals surface area contributed by atoms with Gasteiger partial charge in [0.15, 0.2) is 11.5 Å². The molecule has 3 N–H and O–H groups in total. The van der Waals surface area contributed by atoms with Crippen molar-refractivity contribution in [2.75, 3.05) is 20.8 Å². The molecule has 0 aliphatic heterocycles. The highest BCUT2D eigenvalue weighted by Crippen LogP contribution is 2.34. The Labute approximate surface area is 194 Å². The molecule has 1 fully saturated rings. The Kier molecular flexibility index (Phi) is 8.51. The molecule has 0 saturated heterocycles. The fraction of sp³-hybridized carbons (Fsp3) is 0.304. The van der Waals surface area contributed by atoms with E-state index in [0.29, 0.717) is 35.2 Å². The molecule has 0 bridgehead atoms. The molecule has 1 amide bonds. The van der Waals surface area contributed by atoms with Crippen LogP contribution in [-0.2, 0) is 0 Å². The van der Waals surface area contributed by atoms with Crippen LogP contribution in [0.5, 0.6) is 11.5 Å². The maximum Gasteiger partial charge on any atom is 0.252 e. The molecule has 1 heterocycles. The van der Waals surface area contributed by atoms with Crippen LogP contribution in [0.2, 0.25) is 0 Å². The van der Waals surface area contributed by atoms with Gasteiger partial charge < -0.3 is 20.5 Å². The highest BCUT2D eigenvalue weighted by atomic mass is 35.5. The number of nitrogens with zero attached hydrogens (tertiary/aromatic N) is 1. The van der Waals surface area contributed by atoms with E-state index in [1.807, 2.05) is 48.5 Å². The lowest BCUT2D eigenvalue weighted by atomic mass is 10.0. The number of hydrogen-bond acceptors (Lipinski definition) is 5. The number of pyridine rings is 1. The van der Waals surface area contributed by atoms with Gasteiger partial charge in [-0.25, -0.2) is 4.98 Å². The number of amides is 1. The zero-order valence-corrected chi connectivity index (χ0v) is 19.1. The third kappa shape index (κ3) is 5.21. The lowest BCUT2D eigenvalue weighted by Crippen LogP contribution is -2.41. The van der Waals surface area contributed by atoms with E-state index >= 15 is 0 Å². The summed E-state index contributed by atoms with van der Waals surface area (Å²) in [5.41, 5.74) is 8.79. The molecule has 1 saturated carbocycles.